The summed E-state index contributed by atoms with van der Waals surface area (Å²) in [6.45, 7) is 3.48. The van der Waals surface area contributed by atoms with Crippen LogP contribution in [0, 0.1) is 16.0 Å². The molecule has 0 aliphatic carbocycles. The molecule has 8 heteroatoms. The van der Waals surface area contributed by atoms with Crippen LogP contribution in [0.2, 0.25) is 0 Å². The van der Waals surface area contributed by atoms with Crippen molar-refractivity contribution in [3.05, 3.63) is 76.0 Å². The third-order valence-electron chi connectivity index (χ3n) is 5.39. The maximum Gasteiger partial charge on any atom is 0.269 e. The van der Waals surface area contributed by atoms with Crippen molar-refractivity contribution in [3.63, 3.8) is 0 Å². The highest BCUT2D eigenvalue weighted by Crippen LogP contribution is 2.28. The number of carbonyl (C=O) groups is 2. The maximum absolute atomic E-state index is 13.3. The largest absolute Gasteiger partial charge is 0.496 e. The van der Waals surface area contributed by atoms with Gasteiger partial charge in [-0.1, -0.05) is 25.1 Å². The molecule has 1 heterocycles. The van der Waals surface area contributed by atoms with E-state index < -0.39 is 10.8 Å². The lowest BCUT2D eigenvalue weighted by molar-refractivity contribution is -0.384. The fourth-order valence-corrected chi connectivity index (χ4v) is 3.46. The Hall–Kier alpha value is -3.68. The molecule has 0 spiro atoms. The summed E-state index contributed by atoms with van der Waals surface area (Å²) in [6, 6.07) is 12.4. The van der Waals surface area contributed by atoms with Gasteiger partial charge in [0, 0.05) is 42.5 Å². The second-order valence-electron chi connectivity index (χ2n) is 7.51. The molecule has 0 unspecified atom stereocenters. The van der Waals surface area contributed by atoms with E-state index in [1.807, 2.05) is 6.07 Å². The summed E-state index contributed by atoms with van der Waals surface area (Å²) >= 11 is 0. The normalized spacial score (nSPS) is 14.8. The van der Waals surface area contributed by atoms with Gasteiger partial charge in [-0.3, -0.25) is 19.7 Å². The minimum absolute atomic E-state index is 0.101. The first-order valence-electron chi connectivity index (χ1n) is 10.1. The molecule has 2 aromatic carbocycles. The van der Waals surface area contributed by atoms with Gasteiger partial charge in [0.05, 0.1) is 17.6 Å². The number of piperidine rings is 1. The van der Waals surface area contributed by atoms with Crippen LogP contribution in [-0.2, 0) is 4.79 Å². The van der Waals surface area contributed by atoms with Gasteiger partial charge in [-0.2, -0.15) is 0 Å². The van der Waals surface area contributed by atoms with Crippen molar-refractivity contribution in [2.45, 2.75) is 19.8 Å². The average Bonchev–Trinajstić information content (AvgIpc) is 2.79. The Balaban J connectivity index is 1.88. The van der Waals surface area contributed by atoms with E-state index >= 15 is 0 Å². The number of methoxy groups -OCH3 is 1. The SMILES string of the molecule is COc1ccccc1C(=CNC(=O)c1ccc([N+](=O)[O-])cc1)C(=O)N1CCC(C)CC1. The molecule has 1 N–H and O–H groups in total. The molecule has 0 bridgehead atoms. The van der Waals surface area contributed by atoms with Crippen LogP contribution in [-0.4, -0.2) is 41.8 Å². The topological polar surface area (TPSA) is 102 Å². The lowest BCUT2D eigenvalue weighted by Crippen LogP contribution is -2.38. The van der Waals surface area contributed by atoms with Crippen LogP contribution < -0.4 is 10.1 Å². The third kappa shape index (κ3) is 5.28. The second-order valence-corrected chi connectivity index (χ2v) is 7.51. The van der Waals surface area contributed by atoms with Crippen LogP contribution >= 0.6 is 0 Å². The molecular formula is C23H25N3O5. The summed E-state index contributed by atoms with van der Waals surface area (Å²) in [5, 5.41) is 13.5. The minimum atomic E-state index is -0.528. The van der Waals surface area contributed by atoms with Gasteiger partial charge in [-0.05, 0) is 37.0 Å². The molecule has 0 radical (unpaired) electrons. The number of nitrogens with zero attached hydrogens (tertiary/aromatic N) is 2. The van der Waals surface area contributed by atoms with E-state index in [1.54, 1.807) is 23.1 Å². The van der Waals surface area contributed by atoms with Crippen LogP contribution in [0.1, 0.15) is 35.7 Å². The van der Waals surface area contributed by atoms with Gasteiger partial charge in [-0.25, -0.2) is 0 Å². The fraction of sp³-hybridized carbons (Fsp3) is 0.304. The molecule has 31 heavy (non-hydrogen) atoms. The van der Waals surface area contributed by atoms with Crippen LogP contribution in [0.5, 0.6) is 5.75 Å². The van der Waals surface area contributed by atoms with E-state index in [-0.39, 0.29) is 17.2 Å². The van der Waals surface area contributed by atoms with Gasteiger partial charge in [0.2, 0.25) is 0 Å². The summed E-state index contributed by atoms with van der Waals surface area (Å²) in [6.07, 6.45) is 3.25. The lowest BCUT2D eigenvalue weighted by atomic mass is 9.97. The van der Waals surface area contributed by atoms with Gasteiger partial charge in [0.25, 0.3) is 17.5 Å². The van der Waals surface area contributed by atoms with Crippen LogP contribution in [0.3, 0.4) is 0 Å². The van der Waals surface area contributed by atoms with E-state index in [9.17, 15) is 19.7 Å². The Kier molecular flexibility index (Phi) is 7.02. The standard InChI is InChI=1S/C23H25N3O5/c1-16-11-13-25(14-12-16)23(28)20(19-5-3-4-6-21(19)31-2)15-24-22(27)17-7-9-18(10-8-17)26(29)30/h3-10,15-16H,11-14H2,1-2H3,(H,24,27). The molecule has 1 saturated heterocycles. The predicted molar refractivity (Wildman–Crippen MR) is 117 cm³/mol. The summed E-state index contributed by atoms with van der Waals surface area (Å²) in [7, 11) is 1.53. The smallest absolute Gasteiger partial charge is 0.269 e. The number of likely N-dealkylation sites (tertiary alicyclic amines) is 1. The first-order valence-corrected chi connectivity index (χ1v) is 10.1. The number of hydrogen-bond acceptors (Lipinski definition) is 5. The highest BCUT2D eigenvalue weighted by Gasteiger charge is 2.25. The van der Waals surface area contributed by atoms with Crippen LogP contribution in [0.25, 0.3) is 5.57 Å². The van der Waals surface area contributed by atoms with Crippen molar-refractivity contribution in [1.82, 2.24) is 10.2 Å². The van der Waals surface area contributed by atoms with Gasteiger partial charge in [-0.15, -0.1) is 0 Å². The Morgan fingerprint density at radius 3 is 2.39 bits per heavy atom. The van der Waals surface area contributed by atoms with Crippen molar-refractivity contribution in [2.75, 3.05) is 20.2 Å². The third-order valence-corrected chi connectivity index (χ3v) is 5.39. The Morgan fingerprint density at radius 1 is 1.13 bits per heavy atom. The summed E-state index contributed by atoms with van der Waals surface area (Å²) in [5.74, 6) is 0.449. The van der Waals surface area contributed by atoms with Crippen molar-refractivity contribution < 1.29 is 19.2 Å². The van der Waals surface area contributed by atoms with Gasteiger partial charge >= 0.3 is 0 Å². The molecule has 1 aliphatic rings. The molecule has 0 saturated carbocycles. The molecule has 1 fully saturated rings. The first kappa shape index (κ1) is 22.0. The highest BCUT2D eigenvalue weighted by molar-refractivity contribution is 6.20. The Bertz CT molecular complexity index is 993. The number of benzene rings is 2. The van der Waals surface area contributed by atoms with Crippen molar-refractivity contribution >= 4 is 23.1 Å². The number of rotatable bonds is 6. The first-order chi connectivity index (χ1) is 14.9. The summed E-state index contributed by atoms with van der Waals surface area (Å²) in [4.78, 5) is 38.0. The number of amides is 2. The van der Waals surface area contributed by atoms with Gasteiger partial charge < -0.3 is 15.0 Å². The van der Waals surface area contributed by atoms with Gasteiger partial charge in [0.1, 0.15) is 5.75 Å². The maximum atomic E-state index is 13.3. The molecular weight excluding hydrogens is 398 g/mol. The van der Waals surface area contributed by atoms with E-state index in [1.165, 1.54) is 37.6 Å². The number of non-ortho nitro benzene ring substituents is 1. The fourth-order valence-electron chi connectivity index (χ4n) is 3.46. The molecule has 3 rings (SSSR count). The molecule has 0 aromatic heterocycles. The van der Waals surface area contributed by atoms with Crippen molar-refractivity contribution in [1.29, 1.82) is 0 Å². The molecule has 0 atom stereocenters. The van der Waals surface area contributed by atoms with Gasteiger partial charge in [0.15, 0.2) is 0 Å². The molecule has 8 nitrogen and oxygen atoms in total. The van der Waals surface area contributed by atoms with Crippen LogP contribution in [0.15, 0.2) is 54.7 Å². The number of nitrogens with one attached hydrogen (secondary N) is 1. The zero-order valence-corrected chi connectivity index (χ0v) is 17.5. The van der Waals surface area contributed by atoms with Crippen molar-refractivity contribution in [2.24, 2.45) is 5.92 Å². The molecule has 1 aliphatic heterocycles. The van der Waals surface area contributed by atoms with Crippen molar-refractivity contribution in [3.8, 4) is 5.75 Å². The molecule has 2 aromatic rings. The average molecular weight is 423 g/mol. The van der Waals surface area contributed by atoms with E-state index in [0.717, 1.165) is 12.8 Å². The zero-order chi connectivity index (χ0) is 22.4. The quantitative estimate of drug-likeness (QED) is 0.434. The van der Waals surface area contributed by atoms with E-state index in [4.69, 9.17) is 4.74 Å². The predicted octanol–water partition coefficient (Wildman–Crippen LogP) is 3.63. The number of hydrogen-bond donors (Lipinski definition) is 1. The highest BCUT2D eigenvalue weighted by atomic mass is 16.6. The summed E-state index contributed by atoms with van der Waals surface area (Å²) in [5.41, 5.74) is 1.05. The van der Waals surface area contributed by atoms with E-state index in [2.05, 4.69) is 12.2 Å². The number of ether oxygens (including phenoxy) is 1. The van der Waals surface area contributed by atoms with Crippen LogP contribution in [0.4, 0.5) is 5.69 Å². The second kappa shape index (κ2) is 9.88. The number of carbonyl (C=O) groups excluding carboxylic acids is 2. The molecule has 162 valence electrons. The minimum Gasteiger partial charge on any atom is -0.496 e. The van der Waals surface area contributed by atoms with E-state index in [0.29, 0.717) is 35.9 Å². The zero-order valence-electron chi connectivity index (χ0n) is 17.5. The number of nitro groups is 1. The monoisotopic (exact) mass is 423 g/mol. The number of para-hydroxylation sites is 1. The number of nitro benzene ring substituents is 1. The Labute approximate surface area is 180 Å². The Morgan fingerprint density at radius 2 is 1.77 bits per heavy atom. The molecule has 2 amide bonds. The lowest BCUT2D eigenvalue weighted by Gasteiger charge is -2.31. The summed E-state index contributed by atoms with van der Waals surface area (Å²) < 4.78 is 5.42.